The minimum atomic E-state index is 0.401. The molecule has 0 saturated heterocycles. The minimum Gasteiger partial charge on any atom is -0.490 e. The molecule has 2 aromatic rings. The van der Waals surface area contributed by atoms with E-state index in [2.05, 4.69) is 35.1 Å². The first-order chi connectivity index (χ1) is 12.5. The fourth-order valence-corrected chi connectivity index (χ4v) is 3.13. The van der Waals surface area contributed by atoms with Gasteiger partial charge in [0, 0.05) is 21.6 Å². The number of halogens is 2. The molecule has 0 amide bonds. The molecule has 2 rings (SSSR count). The Morgan fingerprint density at radius 3 is 2.50 bits per heavy atom. The molecule has 26 heavy (non-hydrogen) atoms. The van der Waals surface area contributed by atoms with E-state index in [0.717, 1.165) is 40.9 Å². The lowest BCUT2D eigenvalue weighted by molar-refractivity contribution is 0.269. The van der Waals surface area contributed by atoms with Crippen LogP contribution < -0.4 is 14.8 Å². The van der Waals surface area contributed by atoms with Crippen LogP contribution >= 0.6 is 27.5 Å². The van der Waals surface area contributed by atoms with Crippen molar-refractivity contribution in [1.82, 2.24) is 5.32 Å². The summed E-state index contributed by atoms with van der Waals surface area (Å²) in [5.74, 6) is 2.17. The number of nitrogens with one attached hydrogen (secondary N) is 1. The van der Waals surface area contributed by atoms with Gasteiger partial charge in [0.05, 0.1) is 6.61 Å². The molecule has 0 aliphatic heterocycles. The van der Waals surface area contributed by atoms with Crippen molar-refractivity contribution in [3.8, 4) is 11.5 Å². The predicted molar refractivity (Wildman–Crippen MR) is 112 cm³/mol. The van der Waals surface area contributed by atoms with Crippen LogP contribution in [-0.2, 0) is 13.2 Å². The lowest BCUT2D eigenvalue weighted by atomic mass is 10.1. The van der Waals surface area contributed by atoms with E-state index in [1.165, 1.54) is 0 Å². The highest BCUT2D eigenvalue weighted by atomic mass is 79.9. The van der Waals surface area contributed by atoms with E-state index in [1.807, 2.05) is 43.3 Å². The molecule has 5 heteroatoms. The molecule has 0 aliphatic rings. The van der Waals surface area contributed by atoms with Gasteiger partial charge in [-0.2, -0.15) is 0 Å². The Labute approximate surface area is 170 Å². The van der Waals surface area contributed by atoms with Crippen LogP contribution in [0.4, 0.5) is 0 Å². The summed E-state index contributed by atoms with van der Waals surface area (Å²) in [7, 11) is 0. The Bertz CT molecular complexity index is 706. The van der Waals surface area contributed by atoms with Gasteiger partial charge in [0.2, 0.25) is 0 Å². The molecule has 0 radical (unpaired) electrons. The van der Waals surface area contributed by atoms with Crippen molar-refractivity contribution >= 4 is 27.5 Å². The Morgan fingerprint density at radius 2 is 1.81 bits per heavy atom. The molecule has 0 heterocycles. The zero-order valence-electron chi connectivity index (χ0n) is 15.6. The average molecular weight is 441 g/mol. The Balaban J connectivity index is 2.08. The van der Waals surface area contributed by atoms with E-state index in [9.17, 15) is 0 Å². The molecule has 0 atom stereocenters. The van der Waals surface area contributed by atoms with Crippen molar-refractivity contribution in [2.75, 3.05) is 13.2 Å². The molecule has 0 unspecified atom stereocenters. The third kappa shape index (κ3) is 6.49. The monoisotopic (exact) mass is 439 g/mol. The Kier molecular flexibility index (Phi) is 8.76. The number of hydrogen-bond donors (Lipinski definition) is 1. The van der Waals surface area contributed by atoms with E-state index in [1.54, 1.807) is 0 Å². The standard InChI is InChI=1S/C21H27BrClNO2/c1-4-25-20-11-17(13-24-10-9-15(2)3)18(22)12-21(20)26-14-16-7-5-6-8-19(16)23/h5-8,11-12,15,24H,4,9-10,13-14H2,1-3H3. The molecule has 0 saturated carbocycles. The van der Waals surface area contributed by atoms with Crippen molar-refractivity contribution in [3.05, 3.63) is 57.0 Å². The first-order valence-electron chi connectivity index (χ1n) is 9.03. The average Bonchev–Trinajstić information content (AvgIpc) is 2.60. The minimum absolute atomic E-state index is 0.401. The van der Waals surface area contributed by atoms with Gasteiger partial charge in [0.25, 0.3) is 0 Å². The molecule has 3 nitrogen and oxygen atoms in total. The van der Waals surface area contributed by atoms with Gasteiger partial charge in [-0.1, -0.05) is 59.6 Å². The lowest BCUT2D eigenvalue weighted by Crippen LogP contribution is -2.16. The molecule has 0 aliphatic carbocycles. The Morgan fingerprint density at radius 1 is 1.08 bits per heavy atom. The van der Waals surface area contributed by atoms with Crippen LogP contribution in [0.25, 0.3) is 0 Å². The molecule has 1 N–H and O–H groups in total. The molecule has 0 aromatic heterocycles. The summed E-state index contributed by atoms with van der Waals surface area (Å²) in [4.78, 5) is 0. The molecule has 2 aromatic carbocycles. The van der Waals surface area contributed by atoms with Crippen LogP contribution in [0.2, 0.25) is 5.02 Å². The SMILES string of the molecule is CCOc1cc(CNCCC(C)C)c(Br)cc1OCc1ccccc1Cl. The number of ether oxygens (including phenoxy) is 2. The van der Waals surface area contributed by atoms with E-state index in [0.29, 0.717) is 29.9 Å². The summed E-state index contributed by atoms with van der Waals surface area (Å²) in [5, 5.41) is 4.19. The summed E-state index contributed by atoms with van der Waals surface area (Å²) in [6.45, 7) is 9.21. The van der Waals surface area contributed by atoms with Crippen molar-refractivity contribution in [2.45, 2.75) is 40.3 Å². The molecular weight excluding hydrogens is 414 g/mol. The first-order valence-corrected chi connectivity index (χ1v) is 10.2. The molecule has 142 valence electrons. The summed E-state index contributed by atoms with van der Waals surface area (Å²) >= 11 is 9.86. The van der Waals surface area contributed by atoms with Crippen molar-refractivity contribution in [2.24, 2.45) is 5.92 Å². The highest BCUT2D eigenvalue weighted by Crippen LogP contribution is 2.34. The molecule has 0 bridgehead atoms. The summed E-state index contributed by atoms with van der Waals surface area (Å²) in [5.41, 5.74) is 2.11. The third-order valence-electron chi connectivity index (χ3n) is 3.97. The van der Waals surface area contributed by atoms with E-state index < -0.39 is 0 Å². The summed E-state index contributed by atoms with van der Waals surface area (Å²) in [6, 6.07) is 11.7. The second-order valence-electron chi connectivity index (χ2n) is 6.56. The normalized spacial score (nSPS) is 11.0. The topological polar surface area (TPSA) is 30.5 Å². The van der Waals surface area contributed by atoms with Crippen LogP contribution in [0.5, 0.6) is 11.5 Å². The second kappa shape index (κ2) is 10.8. The number of rotatable bonds is 10. The predicted octanol–water partition coefficient (Wildman–Crippen LogP) is 6.22. The maximum Gasteiger partial charge on any atom is 0.162 e. The smallest absolute Gasteiger partial charge is 0.162 e. The molecule has 0 fully saturated rings. The number of benzene rings is 2. The highest BCUT2D eigenvalue weighted by molar-refractivity contribution is 9.10. The van der Waals surface area contributed by atoms with Gasteiger partial charge in [0.1, 0.15) is 6.61 Å². The first kappa shape index (κ1) is 21.1. The van der Waals surface area contributed by atoms with Crippen molar-refractivity contribution < 1.29 is 9.47 Å². The maximum absolute atomic E-state index is 6.21. The maximum atomic E-state index is 6.21. The zero-order valence-corrected chi connectivity index (χ0v) is 18.0. The fourth-order valence-electron chi connectivity index (χ4n) is 2.48. The summed E-state index contributed by atoms with van der Waals surface area (Å²) < 4.78 is 12.8. The van der Waals surface area contributed by atoms with Gasteiger partial charge in [-0.25, -0.2) is 0 Å². The zero-order chi connectivity index (χ0) is 18.9. The van der Waals surface area contributed by atoms with Gasteiger partial charge in [-0.15, -0.1) is 0 Å². The fraction of sp³-hybridized carbons (Fsp3) is 0.429. The Hall–Kier alpha value is -1.23. The van der Waals surface area contributed by atoms with Gasteiger partial charge >= 0.3 is 0 Å². The van der Waals surface area contributed by atoms with Crippen LogP contribution in [0.3, 0.4) is 0 Å². The molecule has 0 spiro atoms. The van der Waals surface area contributed by atoms with Crippen molar-refractivity contribution in [3.63, 3.8) is 0 Å². The van der Waals surface area contributed by atoms with E-state index >= 15 is 0 Å². The largest absolute Gasteiger partial charge is 0.490 e. The second-order valence-corrected chi connectivity index (χ2v) is 7.82. The van der Waals surface area contributed by atoms with Crippen LogP contribution in [-0.4, -0.2) is 13.2 Å². The van der Waals surface area contributed by atoms with Gasteiger partial charge in [0.15, 0.2) is 11.5 Å². The molecular formula is C21H27BrClNO2. The van der Waals surface area contributed by atoms with Crippen molar-refractivity contribution in [1.29, 1.82) is 0 Å². The quantitative estimate of drug-likeness (QED) is 0.445. The highest BCUT2D eigenvalue weighted by Gasteiger charge is 2.12. The van der Waals surface area contributed by atoms with E-state index in [4.69, 9.17) is 21.1 Å². The summed E-state index contributed by atoms with van der Waals surface area (Å²) in [6.07, 6.45) is 1.16. The third-order valence-corrected chi connectivity index (χ3v) is 5.07. The van der Waals surface area contributed by atoms with Crippen LogP contribution in [0.15, 0.2) is 40.9 Å². The van der Waals surface area contributed by atoms with Gasteiger partial charge < -0.3 is 14.8 Å². The van der Waals surface area contributed by atoms with Gasteiger partial charge in [-0.05, 0) is 49.6 Å². The lowest BCUT2D eigenvalue weighted by Gasteiger charge is -2.16. The van der Waals surface area contributed by atoms with E-state index in [-0.39, 0.29) is 0 Å². The van der Waals surface area contributed by atoms with Crippen LogP contribution in [0, 0.1) is 5.92 Å². The number of hydrogen-bond acceptors (Lipinski definition) is 3. The van der Waals surface area contributed by atoms with Gasteiger partial charge in [-0.3, -0.25) is 0 Å². The van der Waals surface area contributed by atoms with Crippen LogP contribution in [0.1, 0.15) is 38.3 Å².